The van der Waals surface area contributed by atoms with Crippen molar-refractivity contribution < 1.29 is 9.53 Å². The molecule has 2 unspecified atom stereocenters. The molecule has 3 heterocycles. The van der Waals surface area contributed by atoms with Gasteiger partial charge in [0, 0.05) is 18.7 Å². The average Bonchev–Trinajstić information content (AvgIpc) is 2.97. The van der Waals surface area contributed by atoms with Crippen LogP contribution in [0.5, 0.6) is 0 Å². The molecule has 1 saturated heterocycles. The zero-order valence-corrected chi connectivity index (χ0v) is 9.75. The number of nitrogens with one attached hydrogen (secondary N) is 3. The van der Waals surface area contributed by atoms with Crippen molar-refractivity contribution >= 4 is 5.97 Å². The molecule has 0 aliphatic carbocycles. The number of aromatic nitrogens is 2. The molecule has 2 atom stereocenters. The quantitative estimate of drug-likeness (QED) is 0.561. The molecule has 2 aliphatic heterocycles. The van der Waals surface area contributed by atoms with Gasteiger partial charge in [0.1, 0.15) is 6.04 Å². The maximum Gasteiger partial charge on any atom is 0.323 e. The SMILES string of the molecule is COC(=O)C1Cc2[nH]cnc2C2(CCNC2)N1. The zero-order valence-electron chi connectivity index (χ0n) is 9.75. The predicted molar refractivity (Wildman–Crippen MR) is 60.4 cm³/mol. The lowest BCUT2D eigenvalue weighted by molar-refractivity contribution is -0.144. The van der Waals surface area contributed by atoms with Gasteiger partial charge in [0.05, 0.1) is 24.7 Å². The number of methoxy groups -OCH3 is 1. The Hall–Kier alpha value is -1.40. The first kappa shape index (κ1) is 10.7. The van der Waals surface area contributed by atoms with Crippen LogP contribution in [0, 0.1) is 0 Å². The van der Waals surface area contributed by atoms with Crippen molar-refractivity contribution in [1.82, 2.24) is 20.6 Å². The lowest BCUT2D eigenvalue weighted by Gasteiger charge is -2.36. The van der Waals surface area contributed by atoms with Gasteiger partial charge in [-0.1, -0.05) is 0 Å². The van der Waals surface area contributed by atoms with Crippen molar-refractivity contribution in [2.24, 2.45) is 0 Å². The molecule has 0 saturated carbocycles. The maximum absolute atomic E-state index is 11.7. The van der Waals surface area contributed by atoms with Crippen LogP contribution in [0.25, 0.3) is 0 Å². The van der Waals surface area contributed by atoms with Crippen molar-refractivity contribution in [1.29, 1.82) is 0 Å². The van der Waals surface area contributed by atoms with Gasteiger partial charge in [0.25, 0.3) is 0 Å². The number of ether oxygens (including phenoxy) is 1. The maximum atomic E-state index is 11.7. The van der Waals surface area contributed by atoms with Gasteiger partial charge < -0.3 is 15.0 Å². The van der Waals surface area contributed by atoms with E-state index >= 15 is 0 Å². The summed E-state index contributed by atoms with van der Waals surface area (Å²) in [6.45, 7) is 1.74. The summed E-state index contributed by atoms with van der Waals surface area (Å²) in [5, 5.41) is 6.72. The van der Waals surface area contributed by atoms with E-state index in [4.69, 9.17) is 4.74 Å². The Bertz CT molecular complexity index is 436. The van der Waals surface area contributed by atoms with E-state index in [1.54, 1.807) is 6.33 Å². The van der Waals surface area contributed by atoms with Crippen LogP contribution in [0.1, 0.15) is 17.8 Å². The minimum Gasteiger partial charge on any atom is -0.468 e. The highest BCUT2D eigenvalue weighted by molar-refractivity contribution is 5.76. The molecular weight excluding hydrogens is 220 g/mol. The second kappa shape index (κ2) is 3.82. The number of aromatic amines is 1. The fourth-order valence-corrected chi connectivity index (χ4v) is 2.85. The Morgan fingerprint density at radius 3 is 3.24 bits per heavy atom. The minimum absolute atomic E-state index is 0.212. The van der Waals surface area contributed by atoms with Crippen molar-refractivity contribution in [3.8, 4) is 0 Å². The number of carbonyl (C=O) groups is 1. The number of fused-ring (bicyclic) bond motifs is 2. The number of imidazole rings is 1. The van der Waals surface area contributed by atoms with Crippen molar-refractivity contribution in [3.05, 3.63) is 17.7 Å². The Morgan fingerprint density at radius 2 is 2.53 bits per heavy atom. The molecular formula is C11H16N4O2. The van der Waals surface area contributed by atoms with Crippen LogP contribution in [0.2, 0.25) is 0 Å². The number of hydrogen-bond donors (Lipinski definition) is 3. The molecule has 3 rings (SSSR count). The fourth-order valence-electron chi connectivity index (χ4n) is 2.85. The van der Waals surface area contributed by atoms with Crippen molar-refractivity contribution in [2.45, 2.75) is 24.4 Å². The van der Waals surface area contributed by atoms with E-state index in [-0.39, 0.29) is 17.6 Å². The zero-order chi connectivity index (χ0) is 11.9. The second-order valence-corrected chi connectivity index (χ2v) is 4.66. The molecule has 0 radical (unpaired) electrons. The topological polar surface area (TPSA) is 79.0 Å². The predicted octanol–water partition coefficient (Wildman–Crippen LogP) is -0.714. The number of H-pyrrole nitrogens is 1. The summed E-state index contributed by atoms with van der Waals surface area (Å²) in [5.74, 6) is -0.212. The molecule has 0 bridgehead atoms. The van der Waals surface area contributed by atoms with Crippen LogP contribution in [0.15, 0.2) is 6.33 Å². The average molecular weight is 236 g/mol. The minimum atomic E-state index is -0.284. The third-order valence-electron chi connectivity index (χ3n) is 3.67. The molecule has 1 aromatic heterocycles. The number of esters is 1. The monoisotopic (exact) mass is 236 g/mol. The smallest absolute Gasteiger partial charge is 0.323 e. The summed E-state index contributed by atoms with van der Waals surface area (Å²) in [4.78, 5) is 19.2. The lowest BCUT2D eigenvalue weighted by atomic mass is 9.85. The van der Waals surface area contributed by atoms with Crippen LogP contribution >= 0.6 is 0 Å². The van der Waals surface area contributed by atoms with Gasteiger partial charge in [-0.05, 0) is 13.0 Å². The molecule has 0 aromatic carbocycles. The Morgan fingerprint density at radius 1 is 1.65 bits per heavy atom. The first-order chi connectivity index (χ1) is 8.25. The number of hydrogen-bond acceptors (Lipinski definition) is 5. The second-order valence-electron chi connectivity index (χ2n) is 4.66. The largest absolute Gasteiger partial charge is 0.468 e. The van der Waals surface area contributed by atoms with E-state index in [9.17, 15) is 4.79 Å². The van der Waals surface area contributed by atoms with Gasteiger partial charge in [-0.3, -0.25) is 10.1 Å². The molecule has 17 heavy (non-hydrogen) atoms. The molecule has 1 spiro atoms. The number of rotatable bonds is 1. The van der Waals surface area contributed by atoms with Gasteiger partial charge in [-0.25, -0.2) is 4.98 Å². The fraction of sp³-hybridized carbons (Fsp3) is 0.636. The molecule has 3 N–H and O–H groups in total. The van der Waals surface area contributed by atoms with E-state index < -0.39 is 0 Å². The van der Waals surface area contributed by atoms with E-state index in [0.717, 1.165) is 30.9 Å². The summed E-state index contributed by atoms with van der Waals surface area (Å²) in [7, 11) is 1.42. The Labute approximate surface area is 99.1 Å². The van der Waals surface area contributed by atoms with Crippen LogP contribution in [-0.4, -0.2) is 42.2 Å². The normalized spacial score (nSPS) is 31.5. The summed E-state index contributed by atoms with van der Waals surface area (Å²) in [6, 6.07) is -0.284. The van der Waals surface area contributed by atoms with Crippen molar-refractivity contribution in [2.75, 3.05) is 20.2 Å². The number of nitrogens with zero attached hydrogens (tertiary/aromatic N) is 1. The molecule has 6 nitrogen and oxygen atoms in total. The van der Waals surface area contributed by atoms with Gasteiger partial charge >= 0.3 is 5.97 Å². The molecule has 0 amide bonds. The Kier molecular flexibility index (Phi) is 2.41. The van der Waals surface area contributed by atoms with E-state index in [1.165, 1.54) is 7.11 Å². The highest BCUT2D eigenvalue weighted by atomic mass is 16.5. The first-order valence-corrected chi connectivity index (χ1v) is 5.84. The van der Waals surface area contributed by atoms with Gasteiger partial charge in [0.2, 0.25) is 0 Å². The van der Waals surface area contributed by atoms with Crippen LogP contribution < -0.4 is 10.6 Å². The highest BCUT2D eigenvalue weighted by Crippen LogP contribution is 2.33. The standard InChI is InChI=1S/C11H16N4O2/c1-17-10(16)8-4-7-9(14-6-13-7)11(15-8)2-3-12-5-11/h6,8,12,15H,2-5H2,1H3,(H,13,14). The number of carbonyl (C=O) groups excluding carboxylic acids is 1. The summed E-state index contributed by atoms with van der Waals surface area (Å²) in [6.07, 6.45) is 3.26. The van der Waals surface area contributed by atoms with E-state index in [2.05, 4.69) is 20.6 Å². The molecule has 6 heteroatoms. The summed E-state index contributed by atoms with van der Waals surface area (Å²) in [5.41, 5.74) is 1.87. The van der Waals surface area contributed by atoms with Crippen molar-refractivity contribution in [3.63, 3.8) is 0 Å². The van der Waals surface area contributed by atoms with Crippen LogP contribution in [0.3, 0.4) is 0 Å². The van der Waals surface area contributed by atoms with Gasteiger partial charge in [-0.15, -0.1) is 0 Å². The third-order valence-corrected chi connectivity index (χ3v) is 3.67. The summed E-state index contributed by atoms with van der Waals surface area (Å²) < 4.78 is 4.83. The third kappa shape index (κ3) is 1.56. The highest BCUT2D eigenvalue weighted by Gasteiger charge is 2.46. The first-order valence-electron chi connectivity index (χ1n) is 5.84. The Balaban J connectivity index is 1.97. The lowest BCUT2D eigenvalue weighted by Crippen LogP contribution is -2.57. The molecule has 1 fully saturated rings. The molecule has 2 aliphatic rings. The van der Waals surface area contributed by atoms with Crippen LogP contribution in [-0.2, 0) is 21.5 Å². The van der Waals surface area contributed by atoms with E-state index in [1.807, 2.05) is 0 Å². The molecule has 1 aromatic rings. The summed E-state index contributed by atoms with van der Waals surface area (Å²) >= 11 is 0. The van der Waals surface area contributed by atoms with Gasteiger partial charge in [-0.2, -0.15) is 0 Å². The van der Waals surface area contributed by atoms with Crippen LogP contribution in [0.4, 0.5) is 0 Å². The molecule has 92 valence electrons. The van der Waals surface area contributed by atoms with Gasteiger partial charge in [0.15, 0.2) is 0 Å². The van der Waals surface area contributed by atoms with E-state index in [0.29, 0.717) is 6.42 Å².